The molecule has 11 heteroatoms. The molecule has 2 aromatic rings. The van der Waals surface area contributed by atoms with Gasteiger partial charge in [-0.25, -0.2) is 8.42 Å². The predicted molar refractivity (Wildman–Crippen MR) is 114 cm³/mol. The standard InChI is InChI=1S/C18H20ClN3O4S3/c19-13-7-8-14(28-13)29(25,26)22-9-3-5-11(22)17(24)21-18-15(16(20)23)10-4-1-2-6-12(10)27-18/h7-8,11H,1-6,9H2,(H2,20,23)(H,21,24). The molecule has 0 aromatic carbocycles. The van der Waals surface area contributed by atoms with E-state index in [0.29, 0.717) is 27.7 Å². The summed E-state index contributed by atoms with van der Waals surface area (Å²) in [6.07, 6.45) is 4.65. The maximum absolute atomic E-state index is 13.0. The van der Waals surface area contributed by atoms with E-state index in [4.69, 9.17) is 17.3 Å². The molecule has 2 aromatic heterocycles. The molecule has 4 rings (SSSR count). The van der Waals surface area contributed by atoms with E-state index in [2.05, 4.69) is 5.32 Å². The van der Waals surface area contributed by atoms with Gasteiger partial charge in [-0.15, -0.1) is 22.7 Å². The highest BCUT2D eigenvalue weighted by molar-refractivity contribution is 7.91. The summed E-state index contributed by atoms with van der Waals surface area (Å²) in [6.45, 7) is 0.263. The molecule has 1 unspecified atom stereocenters. The summed E-state index contributed by atoms with van der Waals surface area (Å²) < 4.78 is 27.7. The third-order valence-electron chi connectivity index (χ3n) is 5.27. The van der Waals surface area contributed by atoms with Gasteiger partial charge >= 0.3 is 0 Å². The second-order valence-corrected chi connectivity index (χ2v) is 12.0. The zero-order valence-corrected chi connectivity index (χ0v) is 18.6. The van der Waals surface area contributed by atoms with Crippen LogP contribution >= 0.6 is 34.3 Å². The Kier molecular flexibility index (Phi) is 5.73. The zero-order valence-electron chi connectivity index (χ0n) is 15.4. The third kappa shape index (κ3) is 3.84. The van der Waals surface area contributed by atoms with Crippen molar-refractivity contribution in [3.8, 4) is 0 Å². The lowest BCUT2D eigenvalue weighted by atomic mass is 9.95. The maximum atomic E-state index is 13.0. The molecule has 3 N–H and O–H groups in total. The van der Waals surface area contributed by atoms with Crippen LogP contribution in [0.25, 0.3) is 0 Å². The van der Waals surface area contributed by atoms with Crippen molar-refractivity contribution >= 4 is 61.1 Å². The van der Waals surface area contributed by atoms with Crippen molar-refractivity contribution in [1.29, 1.82) is 0 Å². The van der Waals surface area contributed by atoms with Crippen molar-refractivity contribution in [2.24, 2.45) is 5.73 Å². The number of nitrogens with two attached hydrogens (primary N) is 1. The van der Waals surface area contributed by atoms with E-state index in [9.17, 15) is 18.0 Å². The summed E-state index contributed by atoms with van der Waals surface area (Å²) >= 11 is 8.23. The lowest BCUT2D eigenvalue weighted by molar-refractivity contribution is -0.119. The molecule has 7 nitrogen and oxygen atoms in total. The molecule has 0 spiro atoms. The van der Waals surface area contributed by atoms with Crippen LogP contribution in [-0.2, 0) is 27.7 Å². The van der Waals surface area contributed by atoms with Crippen molar-refractivity contribution in [1.82, 2.24) is 4.31 Å². The van der Waals surface area contributed by atoms with Crippen LogP contribution in [0.4, 0.5) is 5.00 Å². The van der Waals surface area contributed by atoms with Crippen LogP contribution < -0.4 is 11.1 Å². The Morgan fingerprint density at radius 1 is 1.17 bits per heavy atom. The van der Waals surface area contributed by atoms with Gasteiger partial charge in [-0.05, 0) is 56.2 Å². The van der Waals surface area contributed by atoms with Gasteiger partial charge in [-0.3, -0.25) is 9.59 Å². The summed E-state index contributed by atoms with van der Waals surface area (Å²) in [5.74, 6) is -1.00. The average Bonchev–Trinajstić information content (AvgIpc) is 3.39. The quantitative estimate of drug-likeness (QED) is 0.694. The van der Waals surface area contributed by atoms with Gasteiger partial charge in [-0.2, -0.15) is 4.31 Å². The number of amides is 2. The van der Waals surface area contributed by atoms with Crippen LogP contribution in [0.2, 0.25) is 4.34 Å². The van der Waals surface area contributed by atoms with Crippen molar-refractivity contribution < 1.29 is 18.0 Å². The largest absolute Gasteiger partial charge is 0.365 e. The number of anilines is 1. The van der Waals surface area contributed by atoms with Crippen LogP contribution in [0.15, 0.2) is 16.3 Å². The van der Waals surface area contributed by atoms with E-state index in [0.717, 1.165) is 47.5 Å². The number of hydrogen-bond donors (Lipinski definition) is 2. The number of hydrogen-bond acceptors (Lipinski definition) is 6. The van der Waals surface area contributed by atoms with Crippen LogP contribution in [-0.4, -0.2) is 37.1 Å². The predicted octanol–water partition coefficient (Wildman–Crippen LogP) is 3.23. The highest BCUT2D eigenvalue weighted by Crippen LogP contribution is 2.39. The molecule has 1 saturated heterocycles. The van der Waals surface area contributed by atoms with Crippen molar-refractivity contribution in [2.45, 2.75) is 48.8 Å². The van der Waals surface area contributed by atoms with Crippen molar-refractivity contribution in [3.05, 3.63) is 32.5 Å². The first-order valence-electron chi connectivity index (χ1n) is 9.31. The second kappa shape index (κ2) is 7.99. The smallest absolute Gasteiger partial charge is 0.253 e. The fourth-order valence-corrected chi connectivity index (χ4v) is 8.52. The normalized spacial score (nSPS) is 19.8. The first-order chi connectivity index (χ1) is 13.8. The van der Waals surface area contributed by atoms with Crippen LogP contribution in [0.5, 0.6) is 0 Å². The summed E-state index contributed by atoms with van der Waals surface area (Å²) in [7, 11) is -3.81. The van der Waals surface area contributed by atoms with E-state index in [-0.39, 0.29) is 10.8 Å². The minimum Gasteiger partial charge on any atom is -0.365 e. The topological polar surface area (TPSA) is 110 Å². The molecular weight excluding hydrogens is 454 g/mol. The number of aryl methyl sites for hydroxylation is 1. The maximum Gasteiger partial charge on any atom is 0.253 e. The Labute approximate surface area is 181 Å². The number of rotatable bonds is 5. The van der Waals surface area contributed by atoms with Gasteiger partial charge in [-0.1, -0.05) is 11.6 Å². The SMILES string of the molecule is NC(=O)c1c(NC(=O)C2CCCN2S(=O)(=O)c2ccc(Cl)s2)sc2c1CCCC2. The Morgan fingerprint density at radius 2 is 1.93 bits per heavy atom. The number of fused-ring (bicyclic) bond motifs is 1. The van der Waals surface area contributed by atoms with Crippen LogP contribution in [0.3, 0.4) is 0 Å². The highest BCUT2D eigenvalue weighted by Gasteiger charge is 2.40. The van der Waals surface area contributed by atoms with E-state index < -0.39 is 27.9 Å². The number of halogens is 1. The number of nitrogens with zero attached hydrogens (tertiary/aromatic N) is 1. The first kappa shape index (κ1) is 20.8. The molecular formula is C18H20ClN3O4S3. The zero-order chi connectivity index (χ0) is 20.8. The minimum absolute atomic E-state index is 0.117. The average molecular weight is 474 g/mol. The number of primary amides is 1. The third-order valence-corrected chi connectivity index (χ3v) is 10.1. The van der Waals surface area contributed by atoms with E-state index in [1.165, 1.54) is 27.8 Å². The molecule has 2 aliphatic rings. The number of carbonyl (C=O) groups excluding carboxylic acids is 2. The summed E-state index contributed by atoms with van der Waals surface area (Å²) in [4.78, 5) is 26.1. The Hall–Kier alpha value is -1.46. The van der Waals surface area contributed by atoms with Gasteiger partial charge in [0.05, 0.1) is 9.90 Å². The summed E-state index contributed by atoms with van der Waals surface area (Å²) in [6, 6.07) is 2.15. The summed E-state index contributed by atoms with van der Waals surface area (Å²) in [5.41, 5.74) is 6.88. The van der Waals surface area contributed by atoms with Crippen LogP contribution in [0.1, 0.15) is 46.5 Å². The van der Waals surface area contributed by atoms with Gasteiger partial charge in [0.15, 0.2) is 0 Å². The Bertz CT molecular complexity index is 1080. The number of sulfonamides is 1. The fraction of sp³-hybridized carbons (Fsp3) is 0.444. The Morgan fingerprint density at radius 3 is 2.62 bits per heavy atom. The van der Waals surface area contributed by atoms with Crippen molar-refractivity contribution in [2.75, 3.05) is 11.9 Å². The van der Waals surface area contributed by atoms with Gasteiger partial charge in [0.1, 0.15) is 15.3 Å². The molecule has 2 amide bonds. The monoisotopic (exact) mass is 473 g/mol. The molecule has 29 heavy (non-hydrogen) atoms. The van der Waals surface area contributed by atoms with Crippen LogP contribution in [0, 0.1) is 0 Å². The highest BCUT2D eigenvalue weighted by atomic mass is 35.5. The molecule has 3 heterocycles. The van der Waals surface area contributed by atoms with Gasteiger partial charge in [0.2, 0.25) is 5.91 Å². The van der Waals surface area contributed by atoms with Gasteiger partial charge < -0.3 is 11.1 Å². The first-order valence-corrected chi connectivity index (χ1v) is 12.8. The van der Waals surface area contributed by atoms with Gasteiger partial charge in [0, 0.05) is 11.4 Å². The number of thiophene rings is 2. The molecule has 1 fully saturated rings. The lowest BCUT2D eigenvalue weighted by Gasteiger charge is -2.22. The molecule has 1 atom stereocenters. The molecule has 0 saturated carbocycles. The lowest BCUT2D eigenvalue weighted by Crippen LogP contribution is -2.43. The Balaban J connectivity index is 1.60. The van der Waals surface area contributed by atoms with E-state index in [1.54, 1.807) is 0 Å². The second-order valence-electron chi connectivity index (χ2n) is 7.10. The number of carbonyl (C=O) groups is 2. The number of nitrogens with one attached hydrogen (secondary N) is 1. The van der Waals surface area contributed by atoms with E-state index in [1.807, 2.05) is 0 Å². The fourth-order valence-electron chi connectivity index (χ4n) is 3.95. The molecule has 1 aliphatic heterocycles. The van der Waals surface area contributed by atoms with E-state index >= 15 is 0 Å². The minimum atomic E-state index is -3.81. The van der Waals surface area contributed by atoms with Gasteiger partial charge in [0.25, 0.3) is 15.9 Å². The summed E-state index contributed by atoms with van der Waals surface area (Å²) in [5, 5.41) is 3.23. The molecule has 0 bridgehead atoms. The molecule has 0 radical (unpaired) electrons. The van der Waals surface area contributed by atoms with Crippen molar-refractivity contribution in [3.63, 3.8) is 0 Å². The molecule has 1 aliphatic carbocycles. The molecule has 156 valence electrons.